The lowest BCUT2D eigenvalue weighted by Gasteiger charge is -2.37. The summed E-state index contributed by atoms with van der Waals surface area (Å²) in [7, 11) is 0. The van der Waals surface area contributed by atoms with Gasteiger partial charge < -0.3 is 4.90 Å². The zero-order valence-electron chi connectivity index (χ0n) is 19.4. The number of piperazine rings is 1. The van der Waals surface area contributed by atoms with Crippen molar-refractivity contribution in [2.75, 3.05) is 49.2 Å². The van der Waals surface area contributed by atoms with E-state index in [9.17, 15) is 14.9 Å². The summed E-state index contributed by atoms with van der Waals surface area (Å²) in [5.74, 6) is 1.16. The van der Waals surface area contributed by atoms with Gasteiger partial charge in [-0.1, -0.05) is 6.92 Å². The Labute approximate surface area is 194 Å². The number of carbonyl (C=O) groups is 1. The Balaban J connectivity index is 1.32. The first-order valence-electron chi connectivity index (χ1n) is 11.7. The second-order valence-electron chi connectivity index (χ2n) is 8.77. The minimum absolute atomic E-state index is 0.0591. The molecule has 2 aromatic rings. The number of non-ortho nitro benzene ring substituents is 1. The van der Waals surface area contributed by atoms with Gasteiger partial charge in [-0.2, -0.15) is 0 Å². The van der Waals surface area contributed by atoms with E-state index in [-0.39, 0.29) is 17.6 Å². The van der Waals surface area contributed by atoms with Crippen molar-refractivity contribution in [1.82, 2.24) is 14.9 Å². The average Bonchev–Trinajstić information content (AvgIpc) is 3.15. The number of pyridine rings is 1. The number of aryl methyl sites for hydroxylation is 1. The van der Waals surface area contributed by atoms with E-state index in [2.05, 4.69) is 34.7 Å². The Morgan fingerprint density at radius 2 is 1.82 bits per heavy atom. The fourth-order valence-electron chi connectivity index (χ4n) is 4.68. The summed E-state index contributed by atoms with van der Waals surface area (Å²) in [6.45, 7) is 9.60. The molecule has 0 spiro atoms. The van der Waals surface area contributed by atoms with Crippen LogP contribution in [0, 0.1) is 17.0 Å². The van der Waals surface area contributed by atoms with Crippen LogP contribution in [0.15, 0.2) is 42.6 Å². The second-order valence-corrected chi connectivity index (χ2v) is 8.77. The number of nitro benzene ring substituents is 1. The minimum atomic E-state index is -0.400. The van der Waals surface area contributed by atoms with Gasteiger partial charge in [-0.3, -0.25) is 29.8 Å². The Hall–Kier alpha value is -3.20. The Bertz CT molecular complexity index is 974. The van der Waals surface area contributed by atoms with E-state index in [1.807, 2.05) is 22.3 Å². The number of nitro groups is 1. The first-order valence-corrected chi connectivity index (χ1v) is 11.7. The highest BCUT2D eigenvalue weighted by atomic mass is 16.6. The number of benzene rings is 1. The van der Waals surface area contributed by atoms with Gasteiger partial charge in [0.2, 0.25) is 5.91 Å². The lowest BCUT2D eigenvalue weighted by molar-refractivity contribution is -0.384. The third-order valence-corrected chi connectivity index (χ3v) is 6.54. The highest BCUT2D eigenvalue weighted by molar-refractivity contribution is 5.83. The molecule has 1 aromatic heterocycles. The largest absolute Gasteiger partial charge is 0.354 e. The summed E-state index contributed by atoms with van der Waals surface area (Å²) in [6.07, 6.45) is 4.07. The van der Waals surface area contributed by atoms with Crippen molar-refractivity contribution in [3.05, 3.63) is 58.3 Å². The Kier molecular flexibility index (Phi) is 7.08. The van der Waals surface area contributed by atoms with Crippen LogP contribution in [0.1, 0.15) is 31.7 Å². The maximum absolute atomic E-state index is 12.8. The molecule has 0 N–H and O–H groups in total. The number of rotatable bonds is 8. The third kappa shape index (κ3) is 5.24. The zero-order valence-corrected chi connectivity index (χ0v) is 19.4. The molecule has 0 radical (unpaired) electrons. The number of aromatic nitrogens is 1. The van der Waals surface area contributed by atoms with Crippen molar-refractivity contribution in [3.8, 4) is 0 Å². The van der Waals surface area contributed by atoms with E-state index < -0.39 is 4.92 Å². The Morgan fingerprint density at radius 1 is 1.09 bits per heavy atom. The van der Waals surface area contributed by atoms with Gasteiger partial charge in [-0.15, -0.1) is 0 Å². The summed E-state index contributed by atoms with van der Waals surface area (Å²) < 4.78 is 0. The first-order chi connectivity index (χ1) is 16.0. The maximum atomic E-state index is 12.8. The molecule has 0 bridgehead atoms. The topological polar surface area (TPSA) is 86.1 Å². The van der Waals surface area contributed by atoms with Crippen molar-refractivity contribution >= 4 is 23.1 Å². The molecule has 2 saturated heterocycles. The predicted molar refractivity (Wildman–Crippen MR) is 128 cm³/mol. The van der Waals surface area contributed by atoms with Crippen LogP contribution >= 0.6 is 0 Å². The van der Waals surface area contributed by atoms with Gasteiger partial charge in [-0.05, 0) is 49.6 Å². The maximum Gasteiger partial charge on any atom is 0.269 e. The molecule has 2 aliphatic rings. The van der Waals surface area contributed by atoms with Crippen LogP contribution in [0.2, 0.25) is 0 Å². The summed E-state index contributed by atoms with van der Waals surface area (Å²) in [5.41, 5.74) is 2.11. The first kappa shape index (κ1) is 23.0. The highest BCUT2D eigenvalue weighted by Crippen LogP contribution is 2.30. The van der Waals surface area contributed by atoms with E-state index in [1.165, 1.54) is 17.7 Å². The molecular formula is C24H32N6O3. The number of anilines is 2. The smallest absolute Gasteiger partial charge is 0.269 e. The summed E-state index contributed by atoms with van der Waals surface area (Å²) in [4.78, 5) is 32.6. The SMILES string of the molecule is CCC1CC(=O)N(CCCN2CCN(c3cc(C)ccn3)CC2)N1c1ccc([N+](=O)[O-])cc1. The van der Waals surface area contributed by atoms with E-state index in [0.29, 0.717) is 13.0 Å². The van der Waals surface area contributed by atoms with Gasteiger partial charge in [0.1, 0.15) is 5.82 Å². The molecule has 3 heterocycles. The molecule has 1 aromatic carbocycles. The molecule has 33 heavy (non-hydrogen) atoms. The summed E-state index contributed by atoms with van der Waals surface area (Å²) in [5, 5.41) is 14.9. The van der Waals surface area contributed by atoms with Gasteiger partial charge in [0.25, 0.3) is 5.69 Å². The van der Waals surface area contributed by atoms with E-state index in [1.54, 1.807) is 12.1 Å². The van der Waals surface area contributed by atoms with Crippen molar-refractivity contribution in [2.45, 2.75) is 39.2 Å². The number of hydrogen-bond donors (Lipinski definition) is 0. The van der Waals surface area contributed by atoms with Crippen molar-refractivity contribution in [3.63, 3.8) is 0 Å². The zero-order chi connectivity index (χ0) is 23.4. The highest BCUT2D eigenvalue weighted by Gasteiger charge is 2.36. The quantitative estimate of drug-likeness (QED) is 0.449. The van der Waals surface area contributed by atoms with Gasteiger partial charge in [-0.25, -0.2) is 4.98 Å². The molecule has 1 amide bonds. The summed E-state index contributed by atoms with van der Waals surface area (Å²) >= 11 is 0. The average molecular weight is 453 g/mol. The van der Waals surface area contributed by atoms with E-state index in [0.717, 1.165) is 57.1 Å². The third-order valence-electron chi connectivity index (χ3n) is 6.54. The van der Waals surface area contributed by atoms with E-state index in [4.69, 9.17) is 0 Å². The number of hydrazine groups is 1. The molecule has 2 aliphatic heterocycles. The second kappa shape index (κ2) is 10.2. The van der Waals surface area contributed by atoms with Crippen LogP contribution in [0.4, 0.5) is 17.2 Å². The van der Waals surface area contributed by atoms with Gasteiger partial charge in [0.05, 0.1) is 23.1 Å². The van der Waals surface area contributed by atoms with Crippen molar-refractivity contribution in [2.24, 2.45) is 0 Å². The minimum Gasteiger partial charge on any atom is -0.354 e. The van der Waals surface area contributed by atoms with Crippen LogP contribution < -0.4 is 9.91 Å². The Morgan fingerprint density at radius 3 is 2.45 bits per heavy atom. The lowest BCUT2D eigenvalue weighted by atomic mass is 10.1. The number of hydrogen-bond acceptors (Lipinski definition) is 7. The molecule has 9 nitrogen and oxygen atoms in total. The van der Waals surface area contributed by atoms with Gasteiger partial charge >= 0.3 is 0 Å². The molecule has 176 valence electrons. The molecule has 0 saturated carbocycles. The van der Waals surface area contributed by atoms with E-state index >= 15 is 0 Å². The molecule has 2 fully saturated rings. The molecule has 1 unspecified atom stereocenters. The normalized spacial score (nSPS) is 19.4. The predicted octanol–water partition coefficient (Wildman–Crippen LogP) is 3.24. The van der Waals surface area contributed by atoms with Crippen LogP contribution in [0.25, 0.3) is 0 Å². The monoisotopic (exact) mass is 452 g/mol. The van der Waals surface area contributed by atoms with Crippen molar-refractivity contribution < 1.29 is 9.72 Å². The molecule has 4 rings (SSSR count). The fraction of sp³-hybridized carbons (Fsp3) is 0.500. The number of amides is 1. The van der Waals surface area contributed by atoms with Crippen LogP contribution in [-0.4, -0.2) is 71.0 Å². The van der Waals surface area contributed by atoms with Gasteiger partial charge in [0.15, 0.2) is 0 Å². The number of nitrogens with zero attached hydrogens (tertiary/aromatic N) is 6. The van der Waals surface area contributed by atoms with Crippen LogP contribution in [-0.2, 0) is 4.79 Å². The lowest BCUT2D eigenvalue weighted by Crippen LogP contribution is -2.48. The summed E-state index contributed by atoms with van der Waals surface area (Å²) in [6, 6.07) is 10.7. The number of carbonyl (C=O) groups excluding carboxylic acids is 1. The molecular weight excluding hydrogens is 420 g/mol. The van der Waals surface area contributed by atoms with Crippen LogP contribution in [0.5, 0.6) is 0 Å². The molecule has 0 aliphatic carbocycles. The van der Waals surface area contributed by atoms with Crippen LogP contribution in [0.3, 0.4) is 0 Å². The fourth-order valence-corrected chi connectivity index (χ4v) is 4.68. The molecule has 9 heteroatoms. The standard InChI is InChI=1S/C24H32N6O3/c1-3-20-18-24(31)28(29(20)21-5-7-22(8-6-21)30(32)33)12-4-11-26-13-15-27(16-14-26)23-17-19(2)9-10-25-23/h5-10,17,20H,3-4,11-16,18H2,1-2H3. The molecule has 1 atom stereocenters. The van der Waals surface area contributed by atoms with Gasteiger partial charge in [0, 0.05) is 57.6 Å². The van der Waals surface area contributed by atoms with Crippen molar-refractivity contribution in [1.29, 1.82) is 0 Å².